The first kappa shape index (κ1) is 61.4. The lowest BCUT2D eigenvalue weighted by atomic mass is 10.0. The lowest BCUT2D eigenvalue weighted by Crippen LogP contribution is -2.30. The van der Waals surface area contributed by atoms with Crippen molar-refractivity contribution in [1.82, 2.24) is 0 Å². The van der Waals surface area contributed by atoms with Gasteiger partial charge in [-0.1, -0.05) is 273 Å². The Morgan fingerprint density at radius 2 is 0.460 bits per heavy atom. The maximum Gasteiger partial charge on any atom is 0.306 e. The highest BCUT2D eigenvalue weighted by Crippen LogP contribution is 2.18. The van der Waals surface area contributed by atoms with Crippen LogP contribution < -0.4 is 0 Å². The molecule has 63 heavy (non-hydrogen) atoms. The third-order valence-electron chi connectivity index (χ3n) is 12.9. The first-order valence-corrected chi connectivity index (χ1v) is 28.1. The third-order valence-corrected chi connectivity index (χ3v) is 12.9. The molecule has 0 aliphatic rings. The second-order valence-electron chi connectivity index (χ2n) is 21.0. The Kier molecular flexibility index (Phi) is 47.1. The van der Waals surface area contributed by atoms with Gasteiger partial charge in [-0.2, -0.15) is 0 Å². The van der Waals surface area contributed by atoms with Crippen molar-refractivity contribution < 1.29 is 28.6 Å². The molecule has 1 atom stereocenters. The lowest BCUT2D eigenvalue weighted by molar-refractivity contribution is -0.167. The summed E-state index contributed by atoms with van der Waals surface area (Å²) in [5, 5.41) is 0. The smallest absolute Gasteiger partial charge is 0.306 e. The minimum absolute atomic E-state index is 0.0638. The van der Waals surface area contributed by atoms with E-state index in [1.54, 1.807) is 0 Å². The van der Waals surface area contributed by atoms with E-state index < -0.39 is 6.10 Å². The number of hydrogen-bond donors (Lipinski definition) is 0. The van der Waals surface area contributed by atoms with Crippen molar-refractivity contribution in [2.45, 2.75) is 317 Å². The molecule has 0 aromatic rings. The number of carbonyl (C=O) groups excluding carboxylic acids is 3. The van der Waals surface area contributed by atoms with Crippen LogP contribution in [0, 0.1) is 17.8 Å². The first-order valence-electron chi connectivity index (χ1n) is 28.1. The van der Waals surface area contributed by atoms with Crippen LogP contribution >= 0.6 is 0 Å². The summed E-state index contributed by atoms with van der Waals surface area (Å²) < 4.78 is 16.9. The van der Waals surface area contributed by atoms with Gasteiger partial charge in [0, 0.05) is 19.3 Å². The van der Waals surface area contributed by atoms with Gasteiger partial charge in [-0.05, 0) is 37.0 Å². The van der Waals surface area contributed by atoms with Crippen molar-refractivity contribution in [1.29, 1.82) is 0 Å². The van der Waals surface area contributed by atoms with E-state index in [0.29, 0.717) is 19.3 Å². The van der Waals surface area contributed by atoms with E-state index in [-0.39, 0.29) is 31.1 Å². The molecule has 0 saturated heterocycles. The molecule has 0 aromatic heterocycles. The van der Waals surface area contributed by atoms with Gasteiger partial charge in [0.05, 0.1) is 0 Å². The fourth-order valence-electron chi connectivity index (χ4n) is 8.65. The molecule has 0 rings (SSSR count). The lowest BCUT2D eigenvalue weighted by Gasteiger charge is -2.18. The molecule has 0 amide bonds. The molecule has 0 heterocycles. The van der Waals surface area contributed by atoms with E-state index >= 15 is 0 Å². The molecule has 0 radical (unpaired) electrons. The largest absolute Gasteiger partial charge is 0.462 e. The highest BCUT2D eigenvalue weighted by atomic mass is 16.6. The third kappa shape index (κ3) is 51.3. The van der Waals surface area contributed by atoms with E-state index in [1.807, 2.05) is 0 Å². The van der Waals surface area contributed by atoms with Crippen LogP contribution in [0.25, 0.3) is 0 Å². The Labute approximate surface area is 393 Å². The average Bonchev–Trinajstić information content (AvgIpc) is 3.24. The Hall–Kier alpha value is -1.59. The van der Waals surface area contributed by atoms with E-state index in [4.69, 9.17) is 14.2 Å². The Morgan fingerprint density at radius 1 is 0.270 bits per heavy atom. The van der Waals surface area contributed by atoms with Crippen molar-refractivity contribution in [2.75, 3.05) is 13.2 Å². The van der Waals surface area contributed by atoms with E-state index in [9.17, 15) is 14.4 Å². The maximum absolute atomic E-state index is 12.8. The van der Waals surface area contributed by atoms with E-state index in [1.165, 1.54) is 193 Å². The summed E-state index contributed by atoms with van der Waals surface area (Å²) >= 11 is 0. The van der Waals surface area contributed by atoms with Gasteiger partial charge < -0.3 is 14.2 Å². The second-order valence-corrected chi connectivity index (χ2v) is 21.0. The standard InChI is InChI=1S/C57H110O6/c1-51(2)43-37-31-25-19-13-9-7-11-15-22-28-34-40-46-55(58)61-49-54(50-62-56(59)47-41-35-29-23-18-17-21-27-33-39-45-53(5)6)63-57(60)48-42-36-30-24-16-12-8-10-14-20-26-32-38-44-52(3)4/h51-54H,7-50H2,1-6H3/t54-/m0/s1. The summed E-state index contributed by atoms with van der Waals surface area (Å²) in [5.41, 5.74) is 0. The molecule has 0 bridgehead atoms. The molecule has 0 saturated carbocycles. The normalized spacial score (nSPS) is 12.1. The number of carbonyl (C=O) groups is 3. The predicted molar refractivity (Wildman–Crippen MR) is 270 cm³/mol. The number of rotatable bonds is 50. The van der Waals surface area contributed by atoms with E-state index in [0.717, 1.165) is 75.5 Å². The molecule has 0 aliphatic heterocycles. The summed E-state index contributed by atoms with van der Waals surface area (Å²) in [7, 11) is 0. The quantitative estimate of drug-likeness (QED) is 0.0344. The number of hydrogen-bond acceptors (Lipinski definition) is 6. The van der Waals surface area contributed by atoms with E-state index in [2.05, 4.69) is 41.5 Å². The number of unbranched alkanes of at least 4 members (excludes halogenated alkanes) is 33. The number of ether oxygens (including phenoxy) is 3. The summed E-state index contributed by atoms with van der Waals surface area (Å²) in [5.74, 6) is 1.65. The summed E-state index contributed by atoms with van der Waals surface area (Å²) in [6.07, 6.45) is 49.5. The van der Waals surface area contributed by atoms with Crippen LogP contribution in [0.1, 0.15) is 311 Å². The fourth-order valence-corrected chi connectivity index (χ4v) is 8.65. The van der Waals surface area contributed by atoms with Crippen LogP contribution in [0.3, 0.4) is 0 Å². The molecule has 0 fully saturated rings. The van der Waals surface area contributed by atoms with Crippen molar-refractivity contribution >= 4 is 17.9 Å². The molecular weight excluding hydrogens is 781 g/mol. The van der Waals surface area contributed by atoms with Crippen molar-refractivity contribution in [3.05, 3.63) is 0 Å². The first-order chi connectivity index (χ1) is 30.6. The van der Waals surface area contributed by atoms with Gasteiger partial charge in [0.25, 0.3) is 0 Å². The molecule has 0 N–H and O–H groups in total. The van der Waals surface area contributed by atoms with Crippen LogP contribution in [0.2, 0.25) is 0 Å². The Morgan fingerprint density at radius 3 is 0.683 bits per heavy atom. The van der Waals surface area contributed by atoms with Gasteiger partial charge in [0.2, 0.25) is 0 Å². The van der Waals surface area contributed by atoms with Gasteiger partial charge >= 0.3 is 17.9 Å². The highest BCUT2D eigenvalue weighted by Gasteiger charge is 2.19. The average molecular weight is 892 g/mol. The van der Waals surface area contributed by atoms with Gasteiger partial charge in [0.15, 0.2) is 6.10 Å². The van der Waals surface area contributed by atoms with Crippen LogP contribution in [-0.2, 0) is 28.6 Å². The van der Waals surface area contributed by atoms with Gasteiger partial charge in [-0.3, -0.25) is 14.4 Å². The van der Waals surface area contributed by atoms with Gasteiger partial charge in [0.1, 0.15) is 13.2 Å². The molecule has 6 heteroatoms. The predicted octanol–water partition coefficient (Wildman–Crippen LogP) is 18.3. The molecule has 374 valence electrons. The molecular formula is C57H110O6. The van der Waals surface area contributed by atoms with Crippen LogP contribution in [0.4, 0.5) is 0 Å². The highest BCUT2D eigenvalue weighted by molar-refractivity contribution is 5.71. The molecule has 0 aliphatic carbocycles. The zero-order valence-electron chi connectivity index (χ0n) is 43.4. The molecule has 0 unspecified atom stereocenters. The van der Waals surface area contributed by atoms with Crippen LogP contribution in [0.15, 0.2) is 0 Å². The monoisotopic (exact) mass is 891 g/mol. The number of esters is 3. The topological polar surface area (TPSA) is 78.9 Å². The van der Waals surface area contributed by atoms with Crippen LogP contribution in [0.5, 0.6) is 0 Å². The second kappa shape index (κ2) is 48.3. The SMILES string of the molecule is CC(C)CCCCCCCCCCCCCCCC(=O)OC[C@@H](COC(=O)CCCCCCCCCCCCC(C)C)OC(=O)CCCCCCCCCCCCCCCC(C)C. The Bertz CT molecular complexity index is 976. The van der Waals surface area contributed by atoms with Crippen molar-refractivity contribution in [2.24, 2.45) is 17.8 Å². The molecule has 0 aromatic carbocycles. The molecule has 6 nitrogen and oxygen atoms in total. The zero-order chi connectivity index (χ0) is 46.3. The van der Waals surface area contributed by atoms with Crippen LogP contribution in [-0.4, -0.2) is 37.2 Å². The zero-order valence-corrected chi connectivity index (χ0v) is 43.4. The van der Waals surface area contributed by atoms with Crippen molar-refractivity contribution in [3.63, 3.8) is 0 Å². The fraction of sp³-hybridized carbons (Fsp3) is 0.947. The summed E-state index contributed by atoms with van der Waals surface area (Å²) in [4.78, 5) is 38.1. The van der Waals surface area contributed by atoms with Gasteiger partial charge in [-0.15, -0.1) is 0 Å². The minimum atomic E-state index is -0.763. The van der Waals surface area contributed by atoms with Crippen molar-refractivity contribution in [3.8, 4) is 0 Å². The minimum Gasteiger partial charge on any atom is -0.462 e. The van der Waals surface area contributed by atoms with Gasteiger partial charge in [-0.25, -0.2) is 0 Å². The maximum atomic E-state index is 12.8. The summed E-state index contributed by atoms with van der Waals surface area (Å²) in [6.45, 7) is 13.7. The Balaban J connectivity index is 4.31. The summed E-state index contributed by atoms with van der Waals surface area (Å²) in [6, 6.07) is 0. The molecule has 0 spiro atoms.